The number of amides is 3. The number of likely N-dealkylation sites (tertiary alicyclic amines) is 1. The highest BCUT2D eigenvalue weighted by molar-refractivity contribution is 6.10. The fraction of sp³-hybridized carbons (Fsp3) is 0.375. The molecule has 0 bridgehead atoms. The van der Waals surface area contributed by atoms with Crippen LogP contribution in [0.15, 0.2) is 59.4 Å². The van der Waals surface area contributed by atoms with Crippen molar-refractivity contribution >= 4 is 40.3 Å². The third-order valence-electron chi connectivity index (χ3n) is 8.48. The van der Waals surface area contributed by atoms with Crippen LogP contribution in [0, 0.1) is 11.2 Å². The van der Waals surface area contributed by atoms with Crippen molar-refractivity contribution in [3.8, 4) is 0 Å². The topological polar surface area (TPSA) is 124 Å². The summed E-state index contributed by atoms with van der Waals surface area (Å²) >= 11 is 0. The molecule has 1 aromatic heterocycles. The van der Waals surface area contributed by atoms with Gasteiger partial charge in [-0.15, -0.1) is 0 Å². The standard InChI is InChI=1S/C32H37FN6O3/c1-20(34)25(17-35-4)22-7-5-21(6-8-22)18-38-14-12-32(42,31(2,3)19-38)26-9-10-27-24(29(26)33)15-23(16-36-27)39-13-11-28(40)37-30(39)41/h5-10,15-17,42H,11-14,18-19,34H2,1-4H3,(H,37,40,41)/b25-20+,35-17?. The van der Waals surface area contributed by atoms with Gasteiger partial charge in [-0.05, 0) is 36.6 Å². The highest BCUT2D eigenvalue weighted by Crippen LogP contribution is 2.48. The number of halogens is 1. The highest BCUT2D eigenvalue weighted by Gasteiger charge is 2.50. The number of aliphatic imine (C=N–C) groups is 1. The average Bonchev–Trinajstić information content (AvgIpc) is 2.94. The number of fused-ring (bicyclic) bond motifs is 1. The first-order valence-corrected chi connectivity index (χ1v) is 14.1. The maximum atomic E-state index is 16.2. The largest absolute Gasteiger partial charge is 0.402 e. The summed E-state index contributed by atoms with van der Waals surface area (Å²) in [7, 11) is 1.72. The fourth-order valence-electron chi connectivity index (χ4n) is 6.07. The van der Waals surface area contributed by atoms with Crippen molar-refractivity contribution in [2.75, 3.05) is 31.6 Å². The molecule has 9 nitrogen and oxygen atoms in total. The molecule has 0 aliphatic carbocycles. The number of piperidine rings is 1. The summed E-state index contributed by atoms with van der Waals surface area (Å²) in [6.45, 7) is 7.78. The number of nitrogens with one attached hydrogen (secondary N) is 1. The van der Waals surface area contributed by atoms with Gasteiger partial charge in [0, 0.05) is 73.5 Å². The predicted molar refractivity (Wildman–Crippen MR) is 162 cm³/mol. The van der Waals surface area contributed by atoms with Gasteiger partial charge in [-0.1, -0.05) is 44.2 Å². The van der Waals surface area contributed by atoms with E-state index in [0.717, 1.165) is 16.7 Å². The minimum Gasteiger partial charge on any atom is -0.402 e. The molecule has 3 amide bonds. The molecule has 2 fully saturated rings. The average molecular weight is 573 g/mol. The van der Waals surface area contributed by atoms with Gasteiger partial charge < -0.3 is 10.8 Å². The first-order valence-electron chi connectivity index (χ1n) is 14.1. The normalized spacial score (nSPS) is 22.0. The third-order valence-corrected chi connectivity index (χ3v) is 8.48. The number of rotatable bonds is 6. The van der Waals surface area contributed by atoms with Crippen molar-refractivity contribution < 1.29 is 19.1 Å². The molecule has 3 aromatic rings. The third kappa shape index (κ3) is 5.39. The van der Waals surface area contributed by atoms with Crippen LogP contribution in [0.5, 0.6) is 0 Å². The lowest BCUT2D eigenvalue weighted by Gasteiger charge is -2.50. The fourth-order valence-corrected chi connectivity index (χ4v) is 6.07. The second-order valence-electron chi connectivity index (χ2n) is 11.8. The summed E-state index contributed by atoms with van der Waals surface area (Å²) in [5.74, 6) is -0.897. The summed E-state index contributed by atoms with van der Waals surface area (Å²) < 4.78 is 16.2. The minimum absolute atomic E-state index is 0.153. The molecule has 10 heteroatoms. The van der Waals surface area contributed by atoms with Gasteiger partial charge in [0.1, 0.15) is 5.82 Å². The number of carbonyl (C=O) groups is 2. The number of nitrogens with two attached hydrogens (primary N) is 1. The first-order chi connectivity index (χ1) is 19.9. The van der Waals surface area contributed by atoms with E-state index in [1.807, 2.05) is 32.9 Å². The van der Waals surface area contributed by atoms with Gasteiger partial charge >= 0.3 is 6.03 Å². The second kappa shape index (κ2) is 11.3. The van der Waals surface area contributed by atoms with E-state index in [1.54, 1.807) is 31.5 Å². The van der Waals surface area contributed by atoms with Crippen molar-refractivity contribution in [2.45, 2.75) is 45.8 Å². The smallest absolute Gasteiger partial charge is 0.328 e. The molecule has 3 heterocycles. The molecule has 5 rings (SSSR count). The summed E-state index contributed by atoms with van der Waals surface area (Å²) in [6, 6.07) is 12.5. The van der Waals surface area contributed by atoms with Gasteiger partial charge in [-0.3, -0.25) is 29.9 Å². The lowest BCUT2D eigenvalue weighted by molar-refractivity contribution is -0.128. The number of benzene rings is 2. The van der Waals surface area contributed by atoms with E-state index < -0.39 is 22.9 Å². The molecule has 0 saturated carbocycles. The molecule has 2 aliphatic heterocycles. The zero-order valence-electron chi connectivity index (χ0n) is 24.4. The quantitative estimate of drug-likeness (QED) is 0.378. The number of urea groups is 1. The molecule has 2 aliphatic rings. The Morgan fingerprint density at radius 3 is 2.57 bits per heavy atom. The van der Waals surface area contributed by atoms with Crippen LogP contribution in [0.3, 0.4) is 0 Å². The van der Waals surface area contributed by atoms with E-state index >= 15 is 4.39 Å². The van der Waals surface area contributed by atoms with E-state index in [4.69, 9.17) is 5.73 Å². The van der Waals surface area contributed by atoms with Crippen molar-refractivity contribution in [3.63, 3.8) is 0 Å². The zero-order valence-corrected chi connectivity index (χ0v) is 24.4. The molecule has 220 valence electrons. The summed E-state index contributed by atoms with van der Waals surface area (Å²) in [6.07, 6.45) is 3.75. The molecule has 1 unspecified atom stereocenters. The van der Waals surface area contributed by atoms with Gasteiger partial charge in [0.05, 0.1) is 23.0 Å². The van der Waals surface area contributed by atoms with Crippen molar-refractivity contribution in [1.82, 2.24) is 15.2 Å². The number of nitrogens with zero attached hydrogens (tertiary/aromatic N) is 4. The molecule has 0 radical (unpaired) electrons. The van der Waals surface area contributed by atoms with E-state index in [2.05, 4.69) is 32.3 Å². The molecular formula is C32H37FN6O3. The maximum Gasteiger partial charge on any atom is 0.328 e. The first kappa shape index (κ1) is 29.3. The van der Waals surface area contributed by atoms with E-state index in [1.165, 1.54) is 11.1 Å². The molecule has 2 aromatic carbocycles. The van der Waals surface area contributed by atoms with Crippen molar-refractivity contribution in [2.24, 2.45) is 16.1 Å². The number of allylic oxidation sites excluding steroid dienone is 2. The molecule has 42 heavy (non-hydrogen) atoms. The number of aliphatic hydroxyl groups is 1. The Balaban J connectivity index is 1.37. The van der Waals surface area contributed by atoms with Gasteiger partial charge in [0.25, 0.3) is 0 Å². The van der Waals surface area contributed by atoms with Crippen LogP contribution in [0.25, 0.3) is 16.5 Å². The van der Waals surface area contributed by atoms with Crippen LogP contribution < -0.4 is 16.0 Å². The number of carbonyl (C=O) groups excluding carboxylic acids is 2. The zero-order chi connectivity index (χ0) is 30.2. The minimum atomic E-state index is -1.42. The number of anilines is 1. The lowest BCUT2D eigenvalue weighted by atomic mass is 9.66. The van der Waals surface area contributed by atoms with Gasteiger partial charge in [-0.25, -0.2) is 9.18 Å². The monoisotopic (exact) mass is 572 g/mol. The van der Waals surface area contributed by atoms with Crippen molar-refractivity contribution in [1.29, 1.82) is 0 Å². The predicted octanol–water partition coefficient (Wildman–Crippen LogP) is 4.33. The Labute approximate surface area is 244 Å². The Kier molecular flexibility index (Phi) is 7.87. The van der Waals surface area contributed by atoms with Crippen molar-refractivity contribution in [3.05, 3.63) is 76.9 Å². The van der Waals surface area contributed by atoms with E-state index in [9.17, 15) is 14.7 Å². The number of hydrogen-bond acceptors (Lipinski definition) is 7. The second-order valence-corrected chi connectivity index (χ2v) is 11.8. The van der Waals surface area contributed by atoms with E-state index in [0.29, 0.717) is 43.0 Å². The van der Waals surface area contributed by atoms with E-state index in [-0.39, 0.29) is 29.8 Å². The Morgan fingerprint density at radius 2 is 1.93 bits per heavy atom. The number of pyridine rings is 1. The van der Waals surface area contributed by atoms with Crippen LogP contribution in [-0.2, 0) is 16.9 Å². The Morgan fingerprint density at radius 1 is 1.19 bits per heavy atom. The van der Waals surface area contributed by atoms with Gasteiger partial charge in [-0.2, -0.15) is 0 Å². The molecule has 4 N–H and O–H groups in total. The summed E-state index contributed by atoms with van der Waals surface area (Å²) in [5.41, 5.74) is 8.68. The molecular weight excluding hydrogens is 535 g/mol. The van der Waals surface area contributed by atoms with Crippen LogP contribution in [0.1, 0.15) is 50.3 Å². The van der Waals surface area contributed by atoms with Gasteiger partial charge in [0.15, 0.2) is 0 Å². The Bertz CT molecular complexity index is 1600. The van der Waals surface area contributed by atoms with Gasteiger partial charge in [0.2, 0.25) is 5.91 Å². The number of hydrogen-bond donors (Lipinski definition) is 3. The maximum absolute atomic E-state index is 16.2. The summed E-state index contributed by atoms with van der Waals surface area (Å²) in [4.78, 5) is 36.0. The van der Waals surface area contributed by atoms with Crippen LogP contribution in [-0.4, -0.2) is 59.8 Å². The highest BCUT2D eigenvalue weighted by atomic mass is 19.1. The lowest BCUT2D eigenvalue weighted by Crippen LogP contribution is -2.55. The van der Waals surface area contributed by atoms with Crippen LogP contribution >= 0.6 is 0 Å². The summed E-state index contributed by atoms with van der Waals surface area (Å²) in [5, 5.41) is 14.6. The van der Waals surface area contributed by atoms with Crippen LogP contribution in [0.4, 0.5) is 14.9 Å². The molecule has 2 saturated heterocycles. The molecule has 0 spiro atoms. The molecule has 1 atom stereocenters. The number of aromatic nitrogens is 1. The Hall–Kier alpha value is -4.15. The van der Waals surface area contributed by atoms with Crippen LogP contribution in [0.2, 0.25) is 0 Å². The SMILES string of the molecule is CN=C/C(=C(/C)N)c1ccc(CN2CCC(O)(c3ccc4ncc(N5CCC(=O)NC5=O)cc4c3F)C(C)(C)C2)cc1. The number of imide groups is 1.